The maximum absolute atomic E-state index is 8.70. The molecule has 1 aromatic heterocycles. The Kier molecular flexibility index (Phi) is 5.21. The minimum Gasteiger partial charge on any atom is -0.491 e. The fourth-order valence-electron chi connectivity index (χ4n) is 1.83. The molecule has 1 unspecified atom stereocenters. The maximum atomic E-state index is 8.70. The minimum absolute atomic E-state index is 0.0137. The summed E-state index contributed by atoms with van der Waals surface area (Å²) in [5.74, 6) is 0.740. The molecule has 2 aromatic rings. The number of halogens is 1. The summed E-state index contributed by atoms with van der Waals surface area (Å²) >= 11 is 5.89. The Morgan fingerprint density at radius 2 is 2.05 bits per heavy atom. The third-order valence-electron chi connectivity index (χ3n) is 2.85. The average Bonchev–Trinajstić information content (AvgIpc) is 2.46. The van der Waals surface area contributed by atoms with Crippen LogP contribution < -0.4 is 10.1 Å². The number of anilines is 1. The number of nitrogens with zero attached hydrogens (tertiary/aromatic N) is 1. The van der Waals surface area contributed by atoms with E-state index in [1.54, 1.807) is 6.20 Å². The first-order valence-corrected chi connectivity index (χ1v) is 6.78. The first-order chi connectivity index (χ1) is 9.69. The van der Waals surface area contributed by atoms with Crippen molar-refractivity contribution in [3.8, 4) is 5.75 Å². The molecule has 0 aliphatic rings. The molecule has 0 spiro atoms. The third-order valence-corrected chi connectivity index (χ3v) is 3.05. The van der Waals surface area contributed by atoms with E-state index < -0.39 is 0 Å². The quantitative estimate of drug-likeness (QED) is 0.802. The topological polar surface area (TPSA) is 54.4 Å². The van der Waals surface area contributed by atoms with Gasteiger partial charge in [-0.3, -0.25) is 0 Å². The molecule has 0 fully saturated rings. The maximum Gasteiger partial charge on any atom is 0.129 e. The smallest absolute Gasteiger partial charge is 0.129 e. The highest BCUT2D eigenvalue weighted by atomic mass is 35.5. The van der Waals surface area contributed by atoms with Gasteiger partial charge < -0.3 is 15.2 Å². The molecule has 1 aromatic carbocycles. The minimum atomic E-state index is 0.0137. The van der Waals surface area contributed by atoms with Crippen LogP contribution in [0.15, 0.2) is 42.6 Å². The molecule has 0 radical (unpaired) electrons. The molecular formula is C15H17ClN2O2. The van der Waals surface area contributed by atoms with Crippen molar-refractivity contribution in [2.24, 2.45) is 0 Å². The van der Waals surface area contributed by atoms with E-state index in [9.17, 15) is 0 Å². The molecule has 2 rings (SSSR count). The highest BCUT2D eigenvalue weighted by Crippen LogP contribution is 2.22. The fourth-order valence-corrected chi connectivity index (χ4v) is 2.01. The number of aliphatic hydroxyl groups excluding tert-OH is 1. The number of nitrogens with one attached hydrogen (secondary N) is 1. The van der Waals surface area contributed by atoms with E-state index in [1.807, 2.05) is 36.4 Å². The lowest BCUT2D eigenvalue weighted by atomic mass is 10.1. The third kappa shape index (κ3) is 4.11. The van der Waals surface area contributed by atoms with E-state index in [2.05, 4.69) is 17.2 Å². The summed E-state index contributed by atoms with van der Waals surface area (Å²) in [6.07, 6.45) is 1.70. The van der Waals surface area contributed by atoms with Gasteiger partial charge in [-0.05, 0) is 48.9 Å². The molecule has 0 bridgehead atoms. The number of ether oxygens (including phenoxy) is 1. The summed E-state index contributed by atoms with van der Waals surface area (Å²) in [6.45, 7) is 2.38. The number of hydrogen-bond donors (Lipinski definition) is 2. The monoisotopic (exact) mass is 292 g/mol. The van der Waals surface area contributed by atoms with Gasteiger partial charge in [0.25, 0.3) is 0 Å². The molecule has 2 N–H and O–H groups in total. The van der Waals surface area contributed by atoms with Gasteiger partial charge in [-0.1, -0.05) is 11.6 Å². The number of rotatable bonds is 6. The molecule has 20 heavy (non-hydrogen) atoms. The van der Waals surface area contributed by atoms with E-state index in [0.29, 0.717) is 11.8 Å². The zero-order valence-electron chi connectivity index (χ0n) is 11.2. The van der Waals surface area contributed by atoms with Gasteiger partial charge >= 0.3 is 0 Å². The van der Waals surface area contributed by atoms with Gasteiger partial charge in [0.1, 0.15) is 17.5 Å². The second kappa shape index (κ2) is 7.12. The summed E-state index contributed by atoms with van der Waals surface area (Å²) in [4.78, 5) is 3.97. The van der Waals surface area contributed by atoms with Crippen LogP contribution in [0.2, 0.25) is 5.15 Å². The lowest BCUT2D eigenvalue weighted by Gasteiger charge is -2.16. The zero-order chi connectivity index (χ0) is 14.4. The van der Waals surface area contributed by atoms with Crippen LogP contribution in [0, 0.1) is 0 Å². The van der Waals surface area contributed by atoms with Crippen LogP contribution in [-0.4, -0.2) is 23.3 Å². The van der Waals surface area contributed by atoms with E-state index in [-0.39, 0.29) is 12.6 Å². The first kappa shape index (κ1) is 14.6. The van der Waals surface area contributed by atoms with Crippen molar-refractivity contribution in [2.45, 2.75) is 13.0 Å². The van der Waals surface area contributed by atoms with Crippen molar-refractivity contribution < 1.29 is 9.84 Å². The van der Waals surface area contributed by atoms with Crippen molar-refractivity contribution in [1.82, 2.24) is 4.98 Å². The van der Waals surface area contributed by atoms with E-state index in [1.165, 1.54) is 0 Å². The number of pyridine rings is 1. The molecule has 0 aliphatic carbocycles. The van der Waals surface area contributed by atoms with Gasteiger partial charge in [0.2, 0.25) is 0 Å². The second-order valence-electron chi connectivity index (χ2n) is 4.37. The predicted molar refractivity (Wildman–Crippen MR) is 80.3 cm³/mol. The van der Waals surface area contributed by atoms with Crippen LogP contribution in [0.1, 0.15) is 18.5 Å². The molecule has 0 saturated carbocycles. The number of benzene rings is 1. The van der Waals surface area contributed by atoms with Gasteiger partial charge in [0, 0.05) is 17.9 Å². The van der Waals surface area contributed by atoms with Gasteiger partial charge in [-0.2, -0.15) is 0 Å². The Balaban J connectivity index is 1.99. The van der Waals surface area contributed by atoms with Gasteiger partial charge in [0.15, 0.2) is 0 Å². The standard InChI is InChI=1S/C15H17ClN2O2/c1-11(12-6-7-17-15(16)10-12)18-13-2-4-14(5-3-13)20-9-8-19/h2-7,10-11,18-19H,8-9H2,1H3. The van der Waals surface area contributed by atoms with Crippen molar-refractivity contribution in [3.63, 3.8) is 0 Å². The average molecular weight is 293 g/mol. The van der Waals surface area contributed by atoms with Gasteiger partial charge in [-0.15, -0.1) is 0 Å². The molecule has 5 heteroatoms. The van der Waals surface area contributed by atoms with Crippen LogP contribution in [0.25, 0.3) is 0 Å². The SMILES string of the molecule is CC(Nc1ccc(OCCO)cc1)c1ccnc(Cl)c1. The molecule has 106 valence electrons. The summed E-state index contributed by atoms with van der Waals surface area (Å²) in [6, 6.07) is 11.5. The first-order valence-electron chi connectivity index (χ1n) is 6.41. The highest BCUT2D eigenvalue weighted by Gasteiger charge is 2.06. The second-order valence-corrected chi connectivity index (χ2v) is 4.76. The summed E-state index contributed by atoms with van der Waals surface area (Å²) < 4.78 is 5.31. The van der Waals surface area contributed by atoms with Crippen LogP contribution in [0.4, 0.5) is 5.69 Å². The Bertz CT molecular complexity index is 546. The van der Waals surface area contributed by atoms with Crippen LogP contribution in [-0.2, 0) is 0 Å². The Hall–Kier alpha value is -1.78. The van der Waals surface area contributed by atoms with Crippen molar-refractivity contribution in [2.75, 3.05) is 18.5 Å². The summed E-state index contributed by atoms with van der Waals surface area (Å²) in [5.41, 5.74) is 2.06. The lowest BCUT2D eigenvalue weighted by Crippen LogP contribution is -2.07. The largest absolute Gasteiger partial charge is 0.491 e. The summed E-state index contributed by atoms with van der Waals surface area (Å²) in [7, 11) is 0. The zero-order valence-corrected chi connectivity index (χ0v) is 12.0. The Morgan fingerprint density at radius 3 is 2.70 bits per heavy atom. The van der Waals surface area contributed by atoms with E-state index >= 15 is 0 Å². The van der Waals surface area contributed by atoms with Gasteiger partial charge in [-0.25, -0.2) is 4.98 Å². The number of aromatic nitrogens is 1. The van der Waals surface area contributed by atoms with Crippen molar-refractivity contribution in [3.05, 3.63) is 53.3 Å². The fraction of sp³-hybridized carbons (Fsp3) is 0.267. The molecule has 1 heterocycles. The molecular weight excluding hydrogens is 276 g/mol. The van der Waals surface area contributed by atoms with Gasteiger partial charge in [0.05, 0.1) is 6.61 Å². The normalized spacial score (nSPS) is 11.9. The molecule has 0 amide bonds. The van der Waals surface area contributed by atoms with E-state index in [4.69, 9.17) is 21.4 Å². The number of hydrogen-bond acceptors (Lipinski definition) is 4. The van der Waals surface area contributed by atoms with Crippen LogP contribution >= 0.6 is 11.6 Å². The highest BCUT2D eigenvalue weighted by molar-refractivity contribution is 6.29. The van der Waals surface area contributed by atoms with Crippen molar-refractivity contribution in [1.29, 1.82) is 0 Å². The predicted octanol–water partition coefficient (Wildman–Crippen LogP) is 3.28. The molecule has 0 aliphatic heterocycles. The number of aliphatic hydroxyl groups is 1. The lowest BCUT2D eigenvalue weighted by molar-refractivity contribution is 0.201. The Labute approximate surface area is 123 Å². The molecule has 4 nitrogen and oxygen atoms in total. The van der Waals surface area contributed by atoms with Crippen LogP contribution in [0.3, 0.4) is 0 Å². The summed E-state index contributed by atoms with van der Waals surface area (Å²) in [5, 5.41) is 12.6. The Morgan fingerprint density at radius 1 is 1.30 bits per heavy atom. The van der Waals surface area contributed by atoms with Crippen molar-refractivity contribution >= 4 is 17.3 Å². The molecule has 1 atom stereocenters. The van der Waals surface area contributed by atoms with E-state index in [0.717, 1.165) is 17.0 Å². The molecule has 0 saturated heterocycles. The van der Waals surface area contributed by atoms with Crippen LogP contribution in [0.5, 0.6) is 5.75 Å².